The van der Waals surface area contributed by atoms with Gasteiger partial charge in [-0.1, -0.05) is 38.7 Å². The maximum atomic E-state index is 12.5. The number of nitrogens with one attached hydrogen (secondary N) is 1. The first kappa shape index (κ1) is 19.7. The highest BCUT2D eigenvalue weighted by atomic mass is 32.2. The van der Waals surface area contributed by atoms with Crippen LogP contribution < -0.4 is 15.2 Å². The minimum Gasteiger partial charge on any atom is -0.495 e. The predicted octanol–water partition coefficient (Wildman–Crippen LogP) is 2.36. The number of hydrogen-bond donors (Lipinski definition) is 2. The van der Waals surface area contributed by atoms with E-state index in [2.05, 4.69) is 5.32 Å². The molecule has 1 amide bonds. The molecule has 1 fully saturated rings. The Morgan fingerprint density at radius 3 is 2.44 bits per heavy atom. The Bertz CT molecular complexity index is 708. The molecule has 0 spiro atoms. The lowest BCUT2D eigenvalue weighted by molar-refractivity contribution is -0.130. The molecule has 1 aliphatic carbocycles. The Morgan fingerprint density at radius 1 is 1.24 bits per heavy atom. The average Bonchev–Trinajstić information content (AvgIpc) is 2.79. The second-order valence-corrected chi connectivity index (χ2v) is 8.54. The van der Waals surface area contributed by atoms with E-state index in [1.54, 1.807) is 12.1 Å². The lowest BCUT2D eigenvalue weighted by atomic mass is 9.81. The van der Waals surface area contributed by atoms with Gasteiger partial charge in [0.1, 0.15) is 10.6 Å². The van der Waals surface area contributed by atoms with Crippen LogP contribution in [0.25, 0.3) is 0 Å². The summed E-state index contributed by atoms with van der Waals surface area (Å²) in [5.74, 6) is 0.316. The Morgan fingerprint density at radius 2 is 1.88 bits per heavy atom. The molecule has 0 saturated heterocycles. The fraction of sp³-hybridized carbons (Fsp3) is 0.611. The van der Waals surface area contributed by atoms with Crippen molar-refractivity contribution in [3.05, 3.63) is 23.8 Å². The predicted molar refractivity (Wildman–Crippen MR) is 96.9 cm³/mol. The molecule has 0 aromatic heterocycles. The van der Waals surface area contributed by atoms with E-state index in [1.807, 2.05) is 6.92 Å². The van der Waals surface area contributed by atoms with Gasteiger partial charge in [-0.3, -0.25) is 4.79 Å². The van der Waals surface area contributed by atoms with Crippen LogP contribution in [-0.4, -0.2) is 28.0 Å². The van der Waals surface area contributed by atoms with Gasteiger partial charge in [-0.05, 0) is 37.0 Å². The maximum Gasteiger partial charge on any atom is 0.241 e. The third kappa shape index (κ3) is 5.19. The molecular weight excluding hydrogens is 340 g/mol. The summed E-state index contributed by atoms with van der Waals surface area (Å²) in [6.07, 6.45) is 6.98. The van der Waals surface area contributed by atoms with Crippen LogP contribution in [0, 0.1) is 5.41 Å². The Hall–Kier alpha value is -1.60. The molecule has 6 nitrogen and oxygen atoms in total. The number of hydrogen-bond acceptors (Lipinski definition) is 4. The average molecular weight is 368 g/mol. The number of methoxy groups -OCH3 is 1. The zero-order valence-electron chi connectivity index (χ0n) is 15.0. The van der Waals surface area contributed by atoms with Gasteiger partial charge in [0.05, 0.1) is 7.11 Å². The van der Waals surface area contributed by atoms with Crippen LogP contribution in [0.3, 0.4) is 0 Å². The Balaban J connectivity index is 1.98. The van der Waals surface area contributed by atoms with Crippen LogP contribution in [0.5, 0.6) is 5.75 Å². The van der Waals surface area contributed by atoms with Crippen LogP contribution in [0.2, 0.25) is 0 Å². The molecule has 3 N–H and O–H groups in total. The third-order valence-electron chi connectivity index (χ3n) is 4.99. The van der Waals surface area contributed by atoms with Crippen LogP contribution in [-0.2, 0) is 21.2 Å². The smallest absolute Gasteiger partial charge is 0.241 e. The van der Waals surface area contributed by atoms with Crippen LogP contribution in [0.15, 0.2) is 23.1 Å². The summed E-state index contributed by atoms with van der Waals surface area (Å²) in [5.41, 5.74) is 0.499. The fourth-order valence-electron chi connectivity index (χ4n) is 3.37. The van der Waals surface area contributed by atoms with Crippen molar-refractivity contribution in [3.63, 3.8) is 0 Å². The van der Waals surface area contributed by atoms with Gasteiger partial charge in [0.15, 0.2) is 0 Å². The molecule has 0 atom stereocenters. The summed E-state index contributed by atoms with van der Waals surface area (Å²) in [4.78, 5) is 12.5. The number of nitrogens with two attached hydrogens (primary N) is 1. The number of rotatable bonds is 6. The van der Waals surface area contributed by atoms with Gasteiger partial charge in [-0.25, -0.2) is 13.6 Å². The minimum absolute atomic E-state index is 0.0328. The number of carbonyl (C=O) groups excluding carboxylic acids is 1. The number of benzene rings is 1. The first-order valence-electron chi connectivity index (χ1n) is 8.74. The molecule has 0 bridgehead atoms. The first-order chi connectivity index (χ1) is 11.8. The molecule has 140 valence electrons. The molecule has 0 radical (unpaired) electrons. The van der Waals surface area contributed by atoms with Crippen LogP contribution in [0.4, 0.5) is 0 Å². The number of carbonyl (C=O) groups is 1. The summed E-state index contributed by atoms with van der Waals surface area (Å²) in [6.45, 7) is 2.50. The summed E-state index contributed by atoms with van der Waals surface area (Å²) in [6, 6.07) is 4.88. The molecular formula is C18H28N2O4S. The van der Waals surface area contributed by atoms with Crippen molar-refractivity contribution >= 4 is 15.9 Å². The molecule has 1 aliphatic rings. The van der Waals surface area contributed by atoms with Crippen molar-refractivity contribution in [2.75, 3.05) is 13.7 Å². The number of sulfonamides is 1. The zero-order chi connectivity index (χ0) is 18.5. The quantitative estimate of drug-likeness (QED) is 0.753. The molecule has 0 heterocycles. The van der Waals surface area contributed by atoms with Gasteiger partial charge in [0.25, 0.3) is 0 Å². The second-order valence-electron chi connectivity index (χ2n) is 7.01. The van der Waals surface area contributed by atoms with Crippen molar-refractivity contribution in [2.45, 2.75) is 56.8 Å². The van der Waals surface area contributed by atoms with Gasteiger partial charge in [0, 0.05) is 12.0 Å². The second kappa shape index (κ2) is 8.19. The van der Waals surface area contributed by atoms with Crippen molar-refractivity contribution in [2.24, 2.45) is 10.6 Å². The van der Waals surface area contributed by atoms with E-state index in [0.29, 0.717) is 13.0 Å². The number of primary sulfonamides is 1. The van der Waals surface area contributed by atoms with Crippen molar-refractivity contribution in [1.29, 1.82) is 0 Å². The van der Waals surface area contributed by atoms with E-state index in [0.717, 1.165) is 31.2 Å². The molecule has 7 heteroatoms. The van der Waals surface area contributed by atoms with Crippen molar-refractivity contribution in [1.82, 2.24) is 5.32 Å². The third-order valence-corrected chi connectivity index (χ3v) is 5.92. The summed E-state index contributed by atoms with van der Waals surface area (Å²) in [7, 11) is -2.45. The normalized spacial score (nSPS) is 17.6. The summed E-state index contributed by atoms with van der Waals surface area (Å²) >= 11 is 0. The highest BCUT2D eigenvalue weighted by Crippen LogP contribution is 2.34. The van der Waals surface area contributed by atoms with Gasteiger partial charge in [-0.15, -0.1) is 0 Å². The van der Waals surface area contributed by atoms with Crippen molar-refractivity contribution < 1.29 is 17.9 Å². The molecule has 1 saturated carbocycles. The largest absolute Gasteiger partial charge is 0.495 e. The van der Waals surface area contributed by atoms with E-state index in [9.17, 15) is 13.2 Å². The van der Waals surface area contributed by atoms with E-state index < -0.39 is 10.0 Å². The number of ether oxygens (including phenoxy) is 1. The van der Waals surface area contributed by atoms with E-state index in [-0.39, 0.29) is 22.0 Å². The molecule has 25 heavy (non-hydrogen) atoms. The van der Waals surface area contributed by atoms with Gasteiger partial charge >= 0.3 is 0 Å². The van der Waals surface area contributed by atoms with E-state index in [1.165, 1.54) is 26.0 Å². The summed E-state index contributed by atoms with van der Waals surface area (Å²) in [5, 5.41) is 8.24. The van der Waals surface area contributed by atoms with Gasteiger partial charge in [-0.2, -0.15) is 0 Å². The fourth-order valence-corrected chi connectivity index (χ4v) is 4.12. The van der Waals surface area contributed by atoms with Gasteiger partial charge in [0.2, 0.25) is 15.9 Å². The molecule has 1 aromatic carbocycles. The lowest BCUT2D eigenvalue weighted by Gasteiger charge is -2.26. The number of amides is 1. The Labute approximate surface area is 150 Å². The monoisotopic (exact) mass is 368 g/mol. The molecule has 0 unspecified atom stereocenters. The molecule has 2 rings (SSSR count). The lowest BCUT2D eigenvalue weighted by Crippen LogP contribution is -2.39. The standard InChI is InChI=1S/C18H28N2O4S/c1-18(10-5-3-4-6-11-18)17(21)20-12-9-14-7-8-15(24-2)16(13-14)25(19,22)23/h7-8,13H,3-6,9-12H2,1-2H3,(H,20,21)(H2,19,22,23). The Kier molecular flexibility index (Phi) is 6.46. The highest BCUT2D eigenvalue weighted by molar-refractivity contribution is 7.89. The van der Waals surface area contributed by atoms with Crippen LogP contribution in [0.1, 0.15) is 51.0 Å². The molecule has 0 aliphatic heterocycles. The van der Waals surface area contributed by atoms with E-state index >= 15 is 0 Å². The van der Waals surface area contributed by atoms with Crippen molar-refractivity contribution in [3.8, 4) is 5.75 Å². The zero-order valence-corrected chi connectivity index (χ0v) is 15.8. The first-order valence-corrected chi connectivity index (χ1v) is 10.3. The highest BCUT2D eigenvalue weighted by Gasteiger charge is 2.33. The minimum atomic E-state index is -3.85. The SMILES string of the molecule is COc1ccc(CCNC(=O)C2(C)CCCCCC2)cc1S(N)(=O)=O. The summed E-state index contributed by atoms with van der Waals surface area (Å²) < 4.78 is 28.4. The maximum absolute atomic E-state index is 12.5. The topological polar surface area (TPSA) is 98.5 Å². The van der Waals surface area contributed by atoms with Crippen LogP contribution >= 0.6 is 0 Å². The molecule has 1 aromatic rings. The van der Waals surface area contributed by atoms with E-state index in [4.69, 9.17) is 9.88 Å². The van der Waals surface area contributed by atoms with Gasteiger partial charge < -0.3 is 10.1 Å².